The molecule has 1 saturated heterocycles. The second-order valence-electron chi connectivity index (χ2n) is 6.70. The molecule has 118 valence electrons. The summed E-state index contributed by atoms with van der Waals surface area (Å²) in [7, 11) is 0. The van der Waals surface area contributed by atoms with Crippen molar-refractivity contribution in [1.29, 1.82) is 0 Å². The number of nitrogens with zero attached hydrogens (tertiary/aromatic N) is 1. The summed E-state index contributed by atoms with van der Waals surface area (Å²) < 4.78 is 5.57. The van der Waals surface area contributed by atoms with Crippen molar-refractivity contribution in [2.45, 2.75) is 45.3 Å². The molecule has 0 spiro atoms. The van der Waals surface area contributed by atoms with Gasteiger partial charge < -0.3 is 20.1 Å². The molecule has 2 N–H and O–H groups in total. The van der Waals surface area contributed by atoms with Gasteiger partial charge in [-0.3, -0.25) is 0 Å². The van der Waals surface area contributed by atoms with Gasteiger partial charge in [-0.15, -0.1) is 0 Å². The van der Waals surface area contributed by atoms with E-state index >= 15 is 0 Å². The lowest BCUT2D eigenvalue weighted by Gasteiger charge is -2.22. The lowest BCUT2D eigenvalue weighted by molar-refractivity contribution is -0.0449. The van der Waals surface area contributed by atoms with Gasteiger partial charge in [-0.1, -0.05) is 0 Å². The largest absolute Gasteiger partial charge is 0.389 e. The van der Waals surface area contributed by atoms with Gasteiger partial charge in [-0.2, -0.15) is 0 Å². The first kappa shape index (κ1) is 16.1. The first-order valence-corrected chi connectivity index (χ1v) is 7.85. The molecule has 1 atom stereocenters. The Morgan fingerprint density at radius 3 is 2.38 bits per heavy atom. The van der Waals surface area contributed by atoms with Gasteiger partial charge >= 0.3 is 0 Å². The lowest BCUT2D eigenvalue weighted by Crippen LogP contribution is -2.30. The number of aliphatic hydroxyl groups excluding tert-OH is 1. The van der Waals surface area contributed by atoms with Crippen molar-refractivity contribution < 1.29 is 9.84 Å². The first-order chi connectivity index (χ1) is 9.94. The standard InChI is InChI=1S/C17H28N2O2/c1-17(2,3)21-13-16(20)12-18-14-6-8-15(9-7-14)19-10-4-5-11-19/h6-9,16,18,20H,4-5,10-13H2,1-3H3. The van der Waals surface area contributed by atoms with E-state index in [2.05, 4.69) is 34.5 Å². The highest BCUT2D eigenvalue weighted by Gasteiger charge is 2.14. The van der Waals surface area contributed by atoms with Crippen molar-refractivity contribution in [3.8, 4) is 0 Å². The zero-order valence-corrected chi connectivity index (χ0v) is 13.4. The van der Waals surface area contributed by atoms with Crippen molar-refractivity contribution in [3.63, 3.8) is 0 Å². The van der Waals surface area contributed by atoms with E-state index in [1.165, 1.54) is 18.5 Å². The molecule has 0 aliphatic carbocycles. The average molecular weight is 292 g/mol. The Morgan fingerprint density at radius 2 is 1.81 bits per heavy atom. The Labute approximate surface area is 128 Å². The molecule has 4 heteroatoms. The Kier molecular flexibility index (Phi) is 5.48. The molecule has 1 fully saturated rings. The molecule has 0 bridgehead atoms. The lowest BCUT2D eigenvalue weighted by atomic mass is 10.2. The van der Waals surface area contributed by atoms with Crippen LogP contribution in [0.5, 0.6) is 0 Å². The Bertz CT molecular complexity index is 419. The predicted octanol–water partition coefficient (Wildman–Crippen LogP) is 2.87. The maximum atomic E-state index is 9.91. The summed E-state index contributed by atoms with van der Waals surface area (Å²) in [6.45, 7) is 9.14. The third-order valence-corrected chi connectivity index (χ3v) is 3.59. The highest BCUT2D eigenvalue weighted by atomic mass is 16.5. The third kappa shape index (κ3) is 5.56. The monoisotopic (exact) mass is 292 g/mol. The van der Waals surface area contributed by atoms with Crippen LogP contribution in [0.1, 0.15) is 33.6 Å². The Hall–Kier alpha value is -1.26. The summed E-state index contributed by atoms with van der Waals surface area (Å²) in [4.78, 5) is 2.41. The molecule has 0 amide bonds. The van der Waals surface area contributed by atoms with Crippen molar-refractivity contribution in [2.75, 3.05) is 36.5 Å². The molecule has 21 heavy (non-hydrogen) atoms. The van der Waals surface area contributed by atoms with Gasteiger partial charge in [0.1, 0.15) is 0 Å². The molecule has 1 aliphatic heterocycles. The maximum absolute atomic E-state index is 9.91. The topological polar surface area (TPSA) is 44.7 Å². The number of ether oxygens (including phenoxy) is 1. The summed E-state index contributed by atoms with van der Waals surface area (Å²) in [5.41, 5.74) is 2.11. The maximum Gasteiger partial charge on any atom is 0.0945 e. The van der Waals surface area contributed by atoms with Crippen LogP contribution in [0, 0.1) is 0 Å². The van der Waals surface area contributed by atoms with Crippen LogP contribution >= 0.6 is 0 Å². The number of hydrogen-bond acceptors (Lipinski definition) is 4. The SMILES string of the molecule is CC(C)(C)OCC(O)CNc1ccc(N2CCCC2)cc1. The zero-order chi connectivity index (χ0) is 15.3. The molecular weight excluding hydrogens is 264 g/mol. The number of nitrogens with one attached hydrogen (secondary N) is 1. The van der Waals surface area contributed by atoms with Gasteiger partial charge in [-0.25, -0.2) is 0 Å². The molecule has 1 aliphatic rings. The number of aliphatic hydroxyl groups is 1. The minimum absolute atomic E-state index is 0.210. The molecule has 2 rings (SSSR count). The van der Waals surface area contributed by atoms with Crippen molar-refractivity contribution in [2.24, 2.45) is 0 Å². The fourth-order valence-electron chi connectivity index (χ4n) is 2.41. The Balaban J connectivity index is 1.75. The second-order valence-corrected chi connectivity index (χ2v) is 6.70. The molecule has 1 unspecified atom stereocenters. The summed E-state index contributed by atoms with van der Waals surface area (Å²) in [5, 5.41) is 13.2. The van der Waals surface area contributed by atoms with Crippen LogP contribution in [0.25, 0.3) is 0 Å². The second kappa shape index (κ2) is 7.14. The fraction of sp³-hybridized carbons (Fsp3) is 0.647. The van der Waals surface area contributed by atoms with Crippen molar-refractivity contribution in [3.05, 3.63) is 24.3 Å². The van der Waals surface area contributed by atoms with Crippen LogP contribution in [0.15, 0.2) is 24.3 Å². The normalized spacial score (nSPS) is 17.0. The van der Waals surface area contributed by atoms with E-state index in [9.17, 15) is 5.11 Å². The van der Waals surface area contributed by atoms with E-state index in [0.717, 1.165) is 18.8 Å². The van der Waals surface area contributed by atoms with Crippen molar-refractivity contribution in [1.82, 2.24) is 0 Å². The van der Waals surface area contributed by atoms with Crippen LogP contribution in [-0.4, -0.2) is 43.1 Å². The van der Waals surface area contributed by atoms with Gasteiger partial charge in [0.25, 0.3) is 0 Å². The molecule has 1 aromatic carbocycles. The predicted molar refractivity (Wildman–Crippen MR) is 88.1 cm³/mol. The average Bonchev–Trinajstić information content (AvgIpc) is 2.97. The minimum Gasteiger partial charge on any atom is -0.389 e. The minimum atomic E-state index is -0.498. The van der Waals surface area contributed by atoms with Gasteiger partial charge in [0, 0.05) is 31.0 Å². The highest BCUT2D eigenvalue weighted by molar-refractivity contribution is 5.55. The molecule has 0 saturated carbocycles. The summed E-state index contributed by atoms with van der Waals surface area (Å²) in [5.74, 6) is 0. The first-order valence-electron chi connectivity index (χ1n) is 7.85. The number of anilines is 2. The smallest absolute Gasteiger partial charge is 0.0945 e. The third-order valence-electron chi connectivity index (χ3n) is 3.59. The highest BCUT2D eigenvalue weighted by Crippen LogP contribution is 2.22. The fourth-order valence-corrected chi connectivity index (χ4v) is 2.41. The van der Waals surface area contributed by atoms with E-state index < -0.39 is 6.10 Å². The van der Waals surface area contributed by atoms with Gasteiger partial charge in [-0.05, 0) is 57.9 Å². The van der Waals surface area contributed by atoms with E-state index in [1.807, 2.05) is 20.8 Å². The molecule has 4 nitrogen and oxygen atoms in total. The van der Waals surface area contributed by atoms with E-state index in [-0.39, 0.29) is 5.60 Å². The van der Waals surface area contributed by atoms with Crippen LogP contribution in [0.3, 0.4) is 0 Å². The summed E-state index contributed by atoms with van der Waals surface area (Å²) in [6, 6.07) is 8.44. The van der Waals surface area contributed by atoms with E-state index in [0.29, 0.717) is 13.2 Å². The molecular formula is C17H28N2O2. The number of hydrogen-bond donors (Lipinski definition) is 2. The van der Waals surface area contributed by atoms with E-state index in [4.69, 9.17) is 4.74 Å². The molecule has 1 heterocycles. The zero-order valence-electron chi connectivity index (χ0n) is 13.4. The van der Waals surface area contributed by atoms with Gasteiger partial charge in [0.05, 0.1) is 18.3 Å². The summed E-state index contributed by atoms with van der Waals surface area (Å²) >= 11 is 0. The van der Waals surface area contributed by atoms with E-state index in [1.54, 1.807) is 0 Å². The number of rotatable bonds is 6. The van der Waals surface area contributed by atoms with Gasteiger partial charge in [0.2, 0.25) is 0 Å². The van der Waals surface area contributed by atoms with Crippen LogP contribution < -0.4 is 10.2 Å². The van der Waals surface area contributed by atoms with Crippen LogP contribution in [0.4, 0.5) is 11.4 Å². The summed E-state index contributed by atoms with van der Waals surface area (Å²) in [6.07, 6.45) is 2.09. The van der Waals surface area contributed by atoms with Crippen LogP contribution in [-0.2, 0) is 4.74 Å². The van der Waals surface area contributed by atoms with Gasteiger partial charge in [0.15, 0.2) is 0 Å². The molecule has 1 aromatic rings. The Morgan fingerprint density at radius 1 is 1.19 bits per heavy atom. The number of benzene rings is 1. The molecule has 0 aromatic heterocycles. The van der Waals surface area contributed by atoms with Crippen LogP contribution in [0.2, 0.25) is 0 Å². The van der Waals surface area contributed by atoms with Crippen molar-refractivity contribution >= 4 is 11.4 Å². The molecule has 0 radical (unpaired) electrons. The quantitative estimate of drug-likeness (QED) is 0.846.